The molecule has 2 rings (SSSR count). The fraction of sp³-hybridized carbons (Fsp3) is 0.125. The van der Waals surface area contributed by atoms with E-state index in [-0.39, 0.29) is 28.5 Å². The van der Waals surface area contributed by atoms with Crippen LogP contribution in [0.15, 0.2) is 29.3 Å². The third-order valence-electron chi connectivity index (χ3n) is 3.17. The molecule has 5 nitrogen and oxygen atoms in total. The molecule has 1 heterocycles. The van der Waals surface area contributed by atoms with Gasteiger partial charge in [-0.2, -0.15) is 10.5 Å². The van der Waals surface area contributed by atoms with Crippen LogP contribution in [0.4, 0.5) is 5.82 Å². The van der Waals surface area contributed by atoms with Crippen LogP contribution >= 0.6 is 23.4 Å². The third-order valence-corrected chi connectivity index (χ3v) is 4.40. The molecule has 1 aromatic heterocycles. The second kappa shape index (κ2) is 7.15. The maximum atomic E-state index is 12.2. The van der Waals surface area contributed by atoms with Gasteiger partial charge in [0.15, 0.2) is 5.78 Å². The first-order valence-corrected chi connectivity index (χ1v) is 7.86. The molecule has 0 fully saturated rings. The summed E-state index contributed by atoms with van der Waals surface area (Å²) in [6.45, 7) is 1.64. The van der Waals surface area contributed by atoms with Crippen LogP contribution in [0.5, 0.6) is 0 Å². The zero-order valence-corrected chi connectivity index (χ0v) is 13.7. The van der Waals surface area contributed by atoms with Gasteiger partial charge < -0.3 is 5.73 Å². The van der Waals surface area contributed by atoms with Crippen LogP contribution in [0, 0.1) is 29.6 Å². The zero-order valence-electron chi connectivity index (χ0n) is 12.1. The normalized spacial score (nSPS) is 9.91. The maximum Gasteiger partial charge on any atom is 0.173 e. The average molecular weight is 343 g/mol. The van der Waals surface area contributed by atoms with Crippen molar-refractivity contribution in [3.63, 3.8) is 0 Å². The first kappa shape index (κ1) is 16.8. The molecule has 0 aliphatic heterocycles. The lowest BCUT2D eigenvalue weighted by Crippen LogP contribution is -2.06. The lowest BCUT2D eigenvalue weighted by molar-refractivity contribution is 0.102. The van der Waals surface area contributed by atoms with Crippen molar-refractivity contribution in [2.45, 2.75) is 11.9 Å². The summed E-state index contributed by atoms with van der Waals surface area (Å²) in [5.74, 6) is 0.0528. The van der Waals surface area contributed by atoms with Crippen molar-refractivity contribution < 1.29 is 4.79 Å². The van der Waals surface area contributed by atoms with Crippen LogP contribution < -0.4 is 5.73 Å². The Kier molecular flexibility index (Phi) is 5.23. The summed E-state index contributed by atoms with van der Waals surface area (Å²) in [5, 5.41) is 19.2. The molecule has 0 saturated carbocycles. The molecule has 0 aliphatic carbocycles. The number of carbonyl (C=O) groups excluding carboxylic acids is 1. The number of Topliss-reactive ketones (excluding diaryl/α,β-unsaturated/α-hetero) is 1. The number of nitriles is 2. The van der Waals surface area contributed by atoms with Crippen LogP contribution in [0.3, 0.4) is 0 Å². The number of nitrogens with zero attached hydrogens (tertiary/aromatic N) is 3. The maximum absolute atomic E-state index is 12.2. The van der Waals surface area contributed by atoms with Crippen LogP contribution in [0.25, 0.3) is 0 Å². The highest BCUT2D eigenvalue weighted by Crippen LogP contribution is 2.28. The fourth-order valence-electron chi connectivity index (χ4n) is 1.93. The number of ketones is 1. The van der Waals surface area contributed by atoms with Gasteiger partial charge in [-0.15, -0.1) is 0 Å². The molecule has 0 amide bonds. The van der Waals surface area contributed by atoms with E-state index < -0.39 is 0 Å². The molecule has 0 radical (unpaired) electrons. The first-order chi connectivity index (χ1) is 11.0. The number of hydrogen-bond acceptors (Lipinski definition) is 6. The Morgan fingerprint density at radius 1 is 1.26 bits per heavy atom. The summed E-state index contributed by atoms with van der Waals surface area (Å²) < 4.78 is 0. The molecule has 2 aromatic rings. The largest absolute Gasteiger partial charge is 0.383 e. The molecule has 0 bridgehead atoms. The number of benzene rings is 1. The van der Waals surface area contributed by atoms with Gasteiger partial charge in [-0.3, -0.25) is 4.79 Å². The highest BCUT2D eigenvalue weighted by Gasteiger charge is 2.17. The third kappa shape index (κ3) is 3.62. The fourth-order valence-corrected chi connectivity index (χ4v) is 3.00. The summed E-state index contributed by atoms with van der Waals surface area (Å²) in [5.41, 5.74) is 7.19. The van der Waals surface area contributed by atoms with E-state index in [0.29, 0.717) is 21.2 Å². The van der Waals surface area contributed by atoms with Gasteiger partial charge in [-0.1, -0.05) is 23.4 Å². The Balaban J connectivity index is 2.24. The van der Waals surface area contributed by atoms with Gasteiger partial charge in [0.1, 0.15) is 23.0 Å². The molecule has 0 atom stereocenters. The summed E-state index contributed by atoms with van der Waals surface area (Å²) in [4.78, 5) is 16.2. The highest BCUT2D eigenvalue weighted by atomic mass is 35.5. The number of carbonyl (C=O) groups is 1. The molecule has 0 unspecified atom stereocenters. The van der Waals surface area contributed by atoms with Crippen LogP contribution in [0.2, 0.25) is 5.02 Å². The number of hydrogen-bond donors (Lipinski definition) is 1. The van der Waals surface area contributed by atoms with E-state index in [4.69, 9.17) is 22.6 Å². The van der Waals surface area contributed by atoms with Gasteiger partial charge >= 0.3 is 0 Å². The number of nitrogens with two attached hydrogens (primary N) is 1. The predicted molar refractivity (Wildman–Crippen MR) is 89.3 cm³/mol. The zero-order chi connectivity index (χ0) is 17.0. The van der Waals surface area contributed by atoms with Crippen molar-refractivity contribution in [3.05, 3.63) is 51.5 Å². The van der Waals surface area contributed by atoms with Gasteiger partial charge in [0.25, 0.3) is 0 Å². The van der Waals surface area contributed by atoms with E-state index in [2.05, 4.69) is 4.98 Å². The van der Waals surface area contributed by atoms with Gasteiger partial charge in [0.2, 0.25) is 0 Å². The van der Waals surface area contributed by atoms with Gasteiger partial charge in [0.05, 0.1) is 16.9 Å². The number of thioether (sulfide) groups is 1. The molecule has 0 aliphatic rings. The van der Waals surface area contributed by atoms with E-state index in [1.807, 2.05) is 12.1 Å². The van der Waals surface area contributed by atoms with E-state index in [9.17, 15) is 10.1 Å². The van der Waals surface area contributed by atoms with Gasteiger partial charge in [0, 0.05) is 10.6 Å². The summed E-state index contributed by atoms with van der Waals surface area (Å²) in [7, 11) is 0. The number of aromatic nitrogens is 1. The monoisotopic (exact) mass is 342 g/mol. The van der Waals surface area contributed by atoms with Crippen molar-refractivity contribution in [1.82, 2.24) is 4.98 Å². The number of rotatable bonds is 4. The molecule has 23 heavy (non-hydrogen) atoms. The minimum absolute atomic E-state index is 0.0606. The smallest absolute Gasteiger partial charge is 0.173 e. The molecular formula is C16H11ClN4OS. The Morgan fingerprint density at radius 2 is 1.87 bits per heavy atom. The van der Waals surface area contributed by atoms with Crippen molar-refractivity contribution in [3.8, 4) is 12.1 Å². The summed E-state index contributed by atoms with van der Waals surface area (Å²) >= 11 is 6.91. The Bertz CT molecular complexity index is 850. The van der Waals surface area contributed by atoms with Crippen molar-refractivity contribution in [2.75, 3.05) is 11.5 Å². The standard InChI is InChI=1S/C16H11ClN4OS/c1-9-12(6-18)15(20)21-16(13(9)7-19)23-8-14(22)10-2-4-11(17)5-3-10/h2-5H,8H2,1H3,(H2,20,21). The van der Waals surface area contributed by atoms with Crippen molar-refractivity contribution in [2.24, 2.45) is 0 Å². The number of halogens is 1. The summed E-state index contributed by atoms with van der Waals surface area (Å²) in [6, 6.07) is 10.5. The number of pyridine rings is 1. The van der Waals surface area contributed by atoms with Crippen LogP contribution in [-0.2, 0) is 0 Å². The lowest BCUT2D eigenvalue weighted by Gasteiger charge is -2.09. The summed E-state index contributed by atoms with van der Waals surface area (Å²) in [6.07, 6.45) is 0. The van der Waals surface area contributed by atoms with Crippen molar-refractivity contribution in [1.29, 1.82) is 10.5 Å². The minimum atomic E-state index is -0.113. The second-order valence-electron chi connectivity index (χ2n) is 4.62. The van der Waals surface area contributed by atoms with Crippen molar-refractivity contribution >= 4 is 35.0 Å². The average Bonchev–Trinajstić information content (AvgIpc) is 2.53. The lowest BCUT2D eigenvalue weighted by atomic mass is 10.1. The quantitative estimate of drug-likeness (QED) is 0.675. The Labute approximate surface area is 142 Å². The second-order valence-corrected chi connectivity index (χ2v) is 6.02. The van der Waals surface area contributed by atoms with E-state index in [1.54, 1.807) is 31.2 Å². The molecule has 7 heteroatoms. The van der Waals surface area contributed by atoms with Gasteiger partial charge in [-0.25, -0.2) is 4.98 Å². The van der Waals surface area contributed by atoms with Crippen LogP contribution in [-0.4, -0.2) is 16.5 Å². The van der Waals surface area contributed by atoms with E-state index in [0.717, 1.165) is 11.8 Å². The highest BCUT2D eigenvalue weighted by molar-refractivity contribution is 8.00. The predicted octanol–water partition coefficient (Wildman–Crippen LogP) is 3.34. The number of anilines is 1. The van der Waals surface area contributed by atoms with E-state index in [1.165, 1.54) is 0 Å². The van der Waals surface area contributed by atoms with Crippen LogP contribution in [0.1, 0.15) is 27.0 Å². The molecule has 114 valence electrons. The molecule has 0 saturated heterocycles. The topological polar surface area (TPSA) is 104 Å². The molecular weight excluding hydrogens is 332 g/mol. The first-order valence-electron chi connectivity index (χ1n) is 6.49. The molecule has 1 aromatic carbocycles. The Hall–Kier alpha value is -2.54. The SMILES string of the molecule is Cc1c(C#N)c(N)nc(SCC(=O)c2ccc(Cl)cc2)c1C#N. The number of nitrogen functional groups attached to an aromatic ring is 1. The molecule has 2 N–H and O–H groups in total. The Morgan fingerprint density at radius 3 is 2.43 bits per heavy atom. The minimum Gasteiger partial charge on any atom is -0.383 e. The van der Waals surface area contributed by atoms with Gasteiger partial charge in [-0.05, 0) is 36.8 Å². The molecule has 0 spiro atoms. The van der Waals surface area contributed by atoms with E-state index >= 15 is 0 Å².